The third kappa shape index (κ3) is 1.79. The van der Waals surface area contributed by atoms with E-state index >= 15 is 0 Å². The lowest BCUT2D eigenvalue weighted by Crippen LogP contribution is -1.87. The number of hydrogen-bond acceptors (Lipinski definition) is 1. The van der Waals surface area contributed by atoms with Gasteiger partial charge in [-0.3, -0.25) is 0 Å². The van der Waals surface area contributed by atoms with Gasteiger partial charge in [0.15, 0.2) is 0 Å². The Morgan fingerprint density at radius 1 is 1.33 bits per heavy atom. The van der Waals surface area contributed by atoms with Crippen molar-refractivity contribution >= 4 is 0 Å². The fraction of sp³-hybridized carbons (Fsp3) is 0.273. The topological polar surface area (TPSA) is 9.23 Å². The van der Waals surface area contributed by atoms with E-state index in [0.717, 1.165) is 16.9 Å². The van der Waals surface area contributed by atoms with Crippen molar-refractivity contribution in [2.24, 2.45) is 0 Å². The number of rotatable bonds is 1. The summed E-state index contributed by atoms with van der Waals surface area (Å²) in [5.74, 6) is 6.77. The van der Waals surface area contributed by atoms with Crippen LogP contribution in [-0.2, 0) is 0 Å². The van der Waals surface area contributed by atoms with E-state index in [1.807, 2.05) is 32.0 Å². The fourth-order valence-electron chi connectivity index (χ4n) is 1.10. The molecule has 1 nitrogen and oxygen atoms in total. The Bertz CT molecular complexity index is 329. The van der Waals surface area contributed by atoms with Crippen molar-refractivity contribution < 1.29 is 4.74 Å². The SMILES string of the molecule is CC#Cc1ccc(OC)c(C)c1. The average Bonchev–Trinajstić information content (AvgIpc) is 2.05. The first kappa shape index (κ1) is 8.67. The third-order valence-corrected chi connectivity index (χ3v) is 1.66. The highest BCUT2D eigenvalue weighted by atomic mass is 16.5. The highest BCUT2D eigenvalue weighted by Crippen LogP contribution is 2.17. The largest absolute Gasteiger partial charge is 0.496 e. The lowest BCUT2D eigenvalue weighted by atomic mass is 10.1. The van der Waals surface area contributed by atoms with Crippen molar-refractivity contribution in [1.82, 2.24) is 0 Å². The molecule has 0 spiro atoms. The average molecular weight is 160 g/mol. The van der Waals surface area contributed by atoms with Crippen LogP contribution in [-0.4, -0.2) is 7.11 Å². The van der Waals surface area contributed by atoms with E-state index in [9.17, 15) is 0 Å². The van der Waals surface area contributed by atoms with Crippen LogP contribution in [0.5, 0.6) is 5.75 Å². The molecule has 0 bridgehead atoms. The molecule has 0 aromatic heterocycles. The van der Waals surface area contributed by atoms with E-state index in [2.05, 4.69) is 11.8 Å². The summed E-state index contributed by atoms with van der Waals surface area (Å²) in [5.41, 5.74) is 2.16. The molecule has 1 aromatic carbocycles. The summed E-state index contributed by atoms with van der Waals surface area (Å²) in [4.78, 5) is 0. The van der Waals surface area contributed by atoms with Crippen LogP contribution >= 0.6 is 0 Å². The Morgan fingerprint density at radius 3 is 2.58 bits per heavy atom. The van der Waals surface area contributed by atoms with Gasteiger partial charge < -0.3 is 4.74 Å². The van der Waals surface area contributed by atoms with Gasteiger partial charge in [-0.2, -0.15) is 0 Å². The van der Waals surface area contributed by atoms with Crippen LogP contribution in [0.4, 0.5) is 0 Å². The zero-order valence-corrected chi connectivity index (χ0v) is 7.64. The molecule has 1 rings (SSSR count). The minimum Gasteiger partial charge on any atom is -0.496 e. The van der Waals surface area contributed by atoms with Crippen LogP contribution in [0.1, 0.15) is 18.1 Å². The second-order valence-electron chi connectivity index (χ2n) is 2.56. The quantitative estimate of drug-likeness (QED) is 0.573. The van der Waals surface area contributed by atoms with Crippen LogP contribution in [0.15, 0.2) is 18.2 Å². The minimum absolute atomic E-state index is 0.914. The molecule has 0 saturated carbocycles. The fourth-order valence-corrected chi connectivity index (χ4v) is 1.10. The monoisotopic (exact) mass is 160 g/mol. The van der Waals surface area contributed by atoms with Crippen molar-refractivity contribution in [3.05, 3.63) is 29.3 Å². The second-order valence-corrected chi connectivity index (χ2v) is 2.56. The van der Waals surface area contributed by atoms with E-state index in [4.69, 9.17) is 4.74 Å². The molecule has 0 amide bonds. The van der Waals surface area contributed by atoms with Gasteiger partial charge in [-0.1, -0.05) is 5.92 Å². The van der Waals surface area contributed by atoms with Crippen LogP contribution in [0.25, 0.3) is 0 Å². The Kier molecular flexibility index (Phi) is 2.76. The van der Waals surface area contributed by atoms with Crippen LogP contribution in [0, 0.1) is 18.8 Å². The van der Waals surface area contributed by atoms with Gasteiger partial charge in [-0.15, -0.1) is 5.92 Å². The standard InChI is InChI=1S/C11H12O/c1-4-5-10-6-7-11(12-3)9(2)8-10/h6-8H,1-3H3. The number of ether oxygens (including phenoxy) is 1. The summed E-state index contributed by atoms with van der Waals surface area (Å²) in [5, 5.41) is 0. The normalized spacial score (nSPS) is 8.58. The first-order valence-electron chi connectivity index (χ1n) is 3.85. The van der Waals surface area contributed by atoms with Gasteiger partial charge in [0.2, 0.25) is 0 Å². The van der Waals surface area contributed by atoms with Crippen LogP contribution in [0.3, 0.4) is 0 Å². The van der Waals surface area contributed by atoms with Crippen LogP contribution < -0.4 is 4.74 Å². The zero-order chi connectivity index (χ0) is 8.97. The number of hydrogen-bond donors (Lipinski definition) is 0. The molecule has 0 fully saturated rings. The molecule has 0 atom stereocenters. The second kappa shape index (κ2) is 3.82. The maximum Gasteiger partial charge on any atom is 0.121 e. The molecule has 62 valence electrons. The predicted octanol–water partition coefficient (Wildman–Crippen LogP) is 2.38. The molecule has 0 aliphatic rings. The van der Waals surface area contributed by atoms with Gasteiger partial charge in [-0.05, 0) is 37.6 Å². The molecule has 0 radical (unpaired) electrons. The lowest BCUT2D eigenvalue weighted by Gasteiger charge is -2.03. The van der Waals surface area contributed by atoms with Crippen molar-refractivity contribution in [3.63, 3.8) is 0 Å². The van der Waals surface area contributed by atoms with Crippen LogP contribution in [0.2, 0.25) is 0 Å². The maximum absolute atomic E-state index is 5.13. The smallest absolute Gasteiger partial charge is 0.121 e. The van der Waals surface area contributed by atoms with Gasteiger partial charge in [0.25, 0.3) is 0 Å². The summed E-state index contributed by atoms with van der Waals surface area (Å²) in [6.07, 6.45) is 0. The van der Waals surface area contributed by atoms with Gasteiger partial charge >= 0.3 is 0 Å². The van der Waals surface area contributed by atoms with Crippen molar-refractivity contribution in [3.8, 4) is 17.6 Å². The lowest BCUT2D eigenvalue weighted by molar-refractivity contribution is 0.411. The molecule has 0 saturated heterocycles. The summed E-state index contributed by atoms with van der Waals surface area (Å²) < 4.78 is 5.13. The molecular formula is C11H12O. The minimum atomic E-state index is 0.914. The summed E-state index contributed by atoms with van der Waals surface area (Å²) in [6, 6.07) is 5.92. The molecule has 0 N–H and O–H groups in total. The summed E-state index contributed by atoms with van der Waals surface area (Å²) >= 11 is 0. The van der Waals surface area contributed by atoms with Crippen molar-refractivity contribution in [2.45, 2.75) is 13.8 Å². The van der Waals surface area contributed by atoms with E-state index in [1.165, 1.54) is 0 Å². The van der Waals surface area contributed by atoms with Gasteiger partial charge in [-0.25, -0.2) is 0 Å². The van der Waals surface area contributed by atoms with E-state index < -0.39 is 0 Å². The molecule has 0 aliphatic heterocycles. The molecular weight excluding hydrogens is 148 g/mol. The molecule has 0 heterocycles. The van der Waals surface area contributed by atoms with Gasteiger partial charge in [0, 0.05) is 5.56 Å². The molecule has 12 heavy (non-hydrogen) atoms. The first-order valence-corrected chi connectivity index (χ1v) is 3.85. The Hall–Kier alpha value is -1.42. The Morgan fingerprint density at radius 2 is 2.08 bits per heavy atom. The molecule has 0 unspecified atom stereocenters. The summed E-state index contributed by atoms with van der Waals surface area (Å²) in [6.45, 7) is 3.85. The molecule has 0 aliphatic carbocycles. The van der Waals surface area contributed by atoms with E-state index in [0.29, 0.717) is 0 Å². The third-order valence-electron chi connectivity index (χ3n) is 1.66. The van der Waals surface area contributed by atoms with Gasteiger partial charge in [0.1, 0.15) is 5.75 Å². The molecule has 1 heteroatoms. The number of methoxy groups -OCH3 is 1. The predicted molar refractivity (Wildman–Crippen MR) is 50.3 cm³/mol. The van der Waals surface area contributed by atoms with Gasteiger partial charge in [0.05, 0.1) is 7.11 Å². The highest BCUT2D eigenvalue weighted by Gasteiger charge is 1.96. The van der Waals surface area contributed by atoms with Crippen molar-refractivity contribution in [2.75, 3.05) is 7.11 Å². The highest BCUT2D eigenvalue weighted by molar-refractivity contribution is 5.43. The van der Waals surface area contributed by atoms with Crippen molar-refractivity contribution in [1.29, 1.82) is 0 Å². The molecule has 1 aromatic rings. The maximum atomic E-state index is 5.13. The zero-order valence-electron chi connectivity index (χ0n) is 7.64. The summed E-state index contributed by atoms with van der Waals surface area (Å²) in [7, 11) is 1.67. The number of benzene rings is 1. The Balaban J connectivity index is 3.07. The Labute approximate surface area is 73.4 Å². The van der Waals surface area contributed by atoms with E-state index in [-0.39, 0.29) is 0 Å². The number of aryl methyl sites for hydroxylation is 1. The first-order chi connectivity index (χ1) is 5.77. The van der Waals surface area contributed by atoms with E-state index in [1.54, 1.807) is 7.11 Å².